The average Bonchev–Trinajstić information content (AvgIpc) is 2.89. The number of amides is 1. The van der Waals surface area contributed by atoms with Crippen LogP contribution in [0.2, 0.25) is 0 Å². The molecule has 5 N–H and O–H groups in total. The van der Waals surface area contributed by atoms with E-state index in [1.165, 1.54) is 11.8 Å². The van der Waals surface area contributed by atoms with E-state index >= 15 is 0 Å². The molecule has 0 aliphatic carbocycles. The highest BCUT2D eigenvalue weighted by molar-refractivity contribution is 7.99. The van der Waals surface area contributed by atoms with Crippen LogP contribution < -0.4 is 21.7 Å². The summed E-state index contributed by atoms with van der Waals surface area (Å²) in [6.45, 7) is 9.06. The molecule has 3 heterocycles. The van der Waals surface area contributed by atoms with Crippen molar-refractivity contribution in [2.24, 2.45) is 16.5 Å². The maximum Gasteiger partial charge on any atom is 0.224 e. The number of allylic oxidation sites excluding steroid dienone is 1. The van der Waals surface area contributed by atoms with Crippen molar-refractivity contribution >= 4 is 40.8 Å². The Hall–Kier alpha value is -3.15. The predicted molar refractivity (Wildman–Crippen MR) is 148 cm³/mol. The Morgan fingerprint density at radius 3 is 2.51 bits per heavy atom. The molecule has 4 rings (SSSR count). The fraction of sp³-hybridized carbons (Fsp3) is 0.462. The van der Waals surface area contributed by atoms with E-state index in [0.29, 0.717) is 35.0 Å². The van der Waals surface area contributed by atoms with Crippen LogP contribution in [0.25, 0.3) is 0 Å². The molecule has 11 heteroatoms. The van der Waals surface area contributed by atoms with Crippen LogP contribution in [0.4, 0.5) is 17.3 Å². The zero-order valence-electron chi connectivity index (χ0n) is 21.5. The van der Waals surface area contributed by atoms with Gasteiger partial charge in [0.1, 0.15) is 11.7 Å². The van der Waals surface area contributed by atoms with Crippen molar-refractivity contribution in [2.45, 2.75) is 49.2 Å². The summed E-state index contributed by atoms with van der Waals surface area (Å²) < 4.78 is 5.52. The summed E-state index contributed by atoms with van der Waals surface area (Å²) in [6, 6.07) is 10.1. The zero-order chi connectivity index (χ0) is 26.2. The van der Waals surface area contributed by atoms with E-state index in [1.54, 1.807) is 13.0 Å². The number of nitrogens with one attached hydrogen (secondary N) is 1. The van der Waals surface area contributed by atoms with Gasteiger partial charge in [0.2, 0.25) is 5.91 Å². The maximum atomic E-state index is 11.7. The number of piperidine rings is 1. The van der Waals surface area contributed by atoms with Gasteiger partial charge >= 0.3 is 0 Å². The van der Waals surface area contributed by atoms with Crippen LogP contribution >= 0.6 is 11.8 Å². The average molecular weight is 525 g/mol. The van der Waals surface area contributed by atoms with E-state index in [4.69, 9.17) is 21.2 Å². The third kappa shape index (κ3) is 7.91. The molecular weight excluding hydrogens is 488 g/mol. The lowest BCUT2D eigenvalue weighted by Gasteiger charge is -2.40. The molecule has 0 radical (unpaired) electrons. The minimum Gasteiger partial charge on any atom is -0.402 e. The van der Waals surface area contributed by atoms with Gasteiger partial charge in [-0.3, -0.25) is 9.69 Å². The van der Waals surface area contributed by atoms with Crippen molar-refractivity contribution in [2.75, 3.05) is 49.6 Å². The number of ether oxygens (including phenoxy) is 1. The number of nitrogens with two attached hydrogens (primary N) is 2. The van der Waals surface area contributed by atoms with Gasteiger partial charge in [-0.1, -0.05) is 6.92 Å². The second-order valence-electron chi connectivity index (χ2n) is 9.19. The van der Waals surface area contributed by atoms with E-state index in [0.717, 1.165) is 68.6 Å². The number of benzene rings is 1. The topological polar surface area (TPSA) is 135 Å². The fourth-order valence-electron chi connectivity index (χ4n) is 4.43. The van der Waals surface area contributed by atoms with Crippen molar-refractivity contribution in [1.29, 1.82) is 0 Å². The van der Waals surface area contributed by atoms with Crippen LogP contribution in [0.15, 0.2) is 57.1 Å². The number of rotatable bonds is 8. The highest BCUT2D eigenvalue weighted by Crippen LogP contribution is 2.31. The minimum atomic E-state index is -0.0179. The van der Waals surface area contributed by atoms with Crippen molar-refractivity contribution in [3.63, 3.8) is 0 Å². The van der Waals surface area contributed by atoms with Crippen molar-refractivity contribution in [3.05, 3.63) is 42.1 Å². The van der Waals surface area contributed by atoms with Gasteiger partial charge in [-0.15, -0.1) is 0 Å². The van der Waals surface area contributed by atoms with Gasteiger partial charge < -0.3 is 26.4 Å². The second kappa shape index (κ2) is 12.9. The van der Waals surface area contributed by atoms with Crippen LogP contribution in [0, 0.1) is 0 Å². The van der Waals surface area contributed by atoms with Gasteiger partial charge in [0.05, 0.1) is 13.2 Å². The highest BCUT2D eigenvalue weighted by Gasteiger charge is 2.27. The first kappa shape index (κ1) is 26.9. The number of anilines is 2. The molecule has 1 aromatic carbocycles. The first-order chi connectivity index (χ1) is 17.9. The van der Waals surface area contributed by atoms with Crippen molar-refractivity contribution in [3.8, 4) is 0 Å². The largest absolute Gasteiger partial charge is 0.402 e. The number of nitrogens with zero attached hydrogens (tertiary/aromatic N) is 5. The monoisotopic (exact) mass is 524 g/mol. The number of aromatic nitrogens is 2. The molecule has 10 nitrogen and oxygen atoms in total. The van der Waals surface area contributed by atoms with Gasteiger partial charge in [0, 0.05) is 61.0 Å². The summed E-state index contributed by atoms with van der Waals surface area (Å²) in [5.41, 5.74) is 13.2. The molecular formula is C26H36N8O2S. The van der Waals surface area contributed by atoms with Gasteiger partial charge in [-0.2, -0.15) is 0 Å². The minimum absolute atomic E-state index is 0.0179. The fourth-order valence-corrected chi connectivity index (χ4v) is 5.19. The summed E-state index contributed by atoms with van der Waals surface area (Å²) in [4.78, 5) is 31.5. The third-order valence-corrected chi connectivity index (χ3v) is 7.19. The molecule has 0 saturated carbocycles. The van der Waals surface area contributed by atoms with Gasteiger partial charge in [-0.25, -0.2) is 15.0 Å². The lowest BCUT2D eigenvalue weighted by Crippen LogP contribution is -2.49. The molecule has 2 aliphatic heterocycles. The molecule has 2 aromatic rings. The Morgan fingerprint density at radius 2 is 1.86 bits per heavy atom. The Kier molecular flexibility index (Phi) is 9.37. The van der Waals surface area contributed by atoms with E-state index < -0.39 is 0 Å². The molecule has 0 bridgehead atoms. The summed E-state index contributed by atoms with van der Waals surface area (Å²) in [5, 5.41) is 3.45. The molecule has 2 saturated heterocycles. The lowest BCUT2D eigenvalue weighted by molar-refractivity contribution is -0.115. The standard InChI is InChI=1S/C26H36N8O2S/c1-3-25(35)29-19-4-6-21(7-5-19)37-26-31-23(30-22(28)16-18(2)27)17-24(32-26)34-10-8-20(9-11-34)33-12-14-36-15-13-33/h4-7,16-17,20H,3,8-15,27H2,1-2H3,(H,29,35)(H2,28,30,31,32)/b18-16-. The molecule has 2 aliphatic rings. The van der Waals surface area contributed by atoms with Crippen LogP contribution in [0.3, 0.4) is 0 Å². The number of morpholine rings is 1. The van der Waals surface area contributed by atoms with Gasteiger partial charge in [-0.05, 0) is 61.9 Å². The Balaban J connectivity index is 1.52. The maximum absolute atomic E-state index is 11.7. The van der Waals surface area contributed by atoms with Gasteiger partial charge in [0.25, 0.3) is 0 Å². The zero-order valence-corrected chi connectivity index (χ0v) is 22.3. The van der Waals surface area contributed by atoms with Gasteiger partial charge in [0.15, 0.2) is 11.0 Å². The highest BCUT2D eigenvalue weighted by atomic mass is 32.2. The van der Waals surface area contributed by atoms with E-state index in [2.05, 4.69) is 25.1 Å². The molecule has 1 amide bonds. The normalized spacial score (nSPS) is 18.2. The number of carbonyl (C=O) groups excluding carboxylic acids is 1. The molecule has 1 aromatic heterocycles. The summed E-state index contributed by atoms with van der Waals surface area (Å²) in [6.07, 6.45) is 4.21. The number of aliphatic imine (C=N–C) groups is 1. The number of hydrogen-bond acceptors (Lipinski definition) is 9. The lowest BCUT2D eigenvalue weighted by atomic mass is 10.0. The predicted octanol–water partition coefficient (Wildman–Crippen LogP) is 3.13. The first-order valence-electron chi connectivity index (χ1n) is 12.7. The molecule has 0 spiro atoms. The summed E-state index contributed by atoms with van der Waals surface area (Å²) in [5.74, 6) is 1.60. The third-order valence-electron chi connectivity index (χ3n) is 6.32. The number of hydrogen-bond donors (Lipinski definition) is 3. The second-order valence-corrected chi connectivity index (χ2v) is 10.2. The Labute approximate surface area is 222 Å². The Morgan fingerprint density at radius 1 is 1.16 bits per heavy atom. The first-order valence-corrected chi connectivity index (χ1v) is 13.5. The summed E-state index contributed by atoms with van der Waals surface area (Å²) >= 11 is 1.44. The van der Waals surface area contributed by atoms with Crippen molar-refractivity contribution in [1.82, 2.24) is 14.9 Å². The van der Waals surface area contributed by atoms with E-state index in [9.17, 15) is 4.79 Å². The smallest absolute Gasteiger partial charge is 0.224 e. The van der Waals surface area contributed by atoms with Crippen LogP contribution in [-0.4, -0.2) is 72.0 Å². The van der Waals surface area contributed by atoms with Crippen LogP contribution in [-0.2, 0) is 9.53 Å². The van der Waals surface area contributed by atoms with Crippen LogP contribution in [0.1, 0.15) is 33.1 Å². The quantitative estimate of drug-likeness (QED) is 0.270. The number of amidine groups is 1. The molecule has 0 atom stereocenters. The summed E-state index contributed by atoms with van der Waals surface area (Å²) in [7, 11) is 0. The van der Waals surface area contributed by atoms with E-state index in [1.807, 2.05) is 37.3 Å². The molecule has 198 valence electrons. The molecule has 2 fully saturated rings. The number of carbonyl (C=O) groups is 1. The van der Waals surface area contributed by atoms with Crippen LogP contribution in [0.5, 0.6) is 0 Å². The molecule has 0 unspecified atom stereocenters. The van der Waals surface area contributed by atoms with E-state index in [-0.39, 0.29) is 5.91 Å². The Bertz CT molecular complexity index is 1120. The van der Waals surface area contributed by atoms with Crippen molar-refractivity contribution < 1.29 is 9.53 Å². The SMILES string of the molecule is CCC(=O)Nc1ccc(Sc2nc(/N=C(N)/C=C(/C)N)cc(N3CCC(N4CCOCC4)CC3)n2)cc1. The molecule has 37 heavy (non-hydrogen) atoms.